The Bertz CT molecular complexity index is 876. The average Bonchev–Trinajstić information content (AvgIpc) is 2.94. The van der Waals surface area contributed by atoms with E-state index in [4.69, 9.17) is 17.2 Å². The smallest absolute Gasteiger partial charge is 0.370 e. The molecule has 0 radical (unpaired) electrons. The van der Waals surface area contributed by atoms with Crippen molar-refractivity contribution in [3.05, 3.63) is 41.2 Å². The zero-order chi connectivity index (χ0) is 18.9. The molecule has 0 saturated carbocycles. The summed E-state index contributed by atoms with van der Waals surface area (Å²) >= 11 is 0. The minimum absolute atomic E-state index is 0.200. The molecule has 0 bridgehead atoms. The summed E-state index contributed by atoms with van der Waals surface area (Å²) in [7, 11) is 0. The van der Waals surface area contributed by atoms with Crippen LogP contribution in [0, 0.1) is 0 Å². The number of halogens is 3. The second-order valence-electron chi connectivity index (χ2n) is 5.89. The van der Waals surface area contributed by atoms with Gasteiger partial charge in [-0.2, -0.15) is 23.3 Å². The molecule has 1 aromatic carbocycles. The first-order valence-corrected chi connectivity index (χ1v) is 7.98. The summed E-state index contributed by atoms with van der Waals surface area (Å²) in [6, 6.07) is 6.61. The third-order valence-electron chi connectivity index (χ3n) is 4.04. The van der Waals surface area contributed by atoms with Crippen molar-refractivity contribution in [2.75, 3.05) is 0 Å². The van der Waals surface area contributed by atoms with Crippen LogP contribution in [0.5, 0.6) is 0 Å². The predicted octanol–water partition coefficient (Wildman–Crippen LogP) is 1.99. The number of rotatable bonds is 2. The highest BCUT2D eigenvalue weighted by Gasteiger charge is 2.39. The molecule has 1 aliphatic carbocycles. The van der Waals surface area contributed by atoms with Crippen LogP contribution in [0.4, 0.5) is 18.9 Å². The summed E-state index contributed by atoms with van der Waals surface area (Å²) in [5, 5.41) is 3.86. The average molecular weight is 365 g/mol. The Labute approximate surface area is 147 Å². The van der Waals surface area contributed by atoms with Crippen molar-refractivity contribution in [1.29, 1.82) is 0 Å². The van der Waals surface area contributed by atoms with Gasteiger partial charge in [0.1, 0.15) is 0 Å². The van der Waals surface area contributed by atoms with E-state index < -0.39 is 11.9 Å². The molecule has 6 N–H and O–H groups in total. The molecule has 0 aliphatic heterocycles. The first kappa shape index (κ1) is 17.8. The van der Waals surface area contributed by atoms with Crippen LogP contribution in [0.2, 0.25) is 0 Å². The van der Waals surface area contributed by atoms with Gasteiger partial charge in [-0.15, -0.1) is 0 Å². The highest BCUT2D eigenvalue weighted by Crippen LogP contribution is 2.38. The topological polar surface area (TPSA) is 121 Å². The summed E-state index contributed by atoms with van der Waals surface area (Å²) in [5.41, 5.74) is 16.8. The number of nitrogens with two attached hydrogens (primary N) is 3. The van der Waals surface area contributed by atoms with Gasteiger partial charge in [0.2, 0.25) is 5.96 Å². The number of para-hydroxylation sites is 2. The van der Waals surface area contributed by atoms with E-state index in [2.05, 4.69) is 15.1 Å². The van der Waals surface area contributed by atoms with Crippen LogP contribution in [0.15, 0.2) is 34.3 Å². The number of aliphatic imine (C=N–C) groups is 2. The van der Waals surface area contributed by atoms with Crippen LogP contribution in [0.3, 0.4) is 0 Å². The third kappa shape index (κ3) is 3.48. The minimum Gasteiger partial charge on any atom is -0.370 e. The number of fused-ring (bicyclic) bond motifs is 1. The van der Waals surface area contributed by atoms with Gasteiger partial charge in [0.15, 0.2) is 11.7 Å². The zero-order valence-corrected chi connectivity index (χ0v) is 13.8. The Kier molecular flexibility index (Phi) is 4.58. The quantitative estimate of drug-likeness (QED) is 0.557. The molecule has 0 spiro atoms. The largest absolute Gasteiger partial charge is 0.435 e. The SMILES string of the molecule is NC(N)=NC(N)=Nc1ccccc1-n1nc(C(F)(F)F)c2c1CCCC2. The lowest BCUT2D eigenvalue weighted by atomic mass is 9.95. The summed E-state index contributed by atoms with van der Waals surface area (Å²) in [6.07, 6.45) is -2.13. The van der Waals surface area contributed by atoms with E-state index in [0.29, 0.717) is 36.3 Å². The molecular formula is C16H18F3N7. The van der Waals surface area contributed by atoms with Crippen LogP contribution in [0.25, 0.3) is 5.69 Å². The molecule has 10 heteroatoms. The van der Waals surface area contributed by atoms with E-state index >= 15 is 0 Å². The summed E-state index contributed by atoms with van der Waals surface area (Å²) < 4.78 is 41.5. The number of hydrogen-bond acceptors (Lipinski definition) is 2. The second-order valence-corrected chi connectivity index (χ2v) is 5.89. The Balaban J connectivity index is 2.17. The lowest BCUT2D eigenvalue weighted by molar-refractivity contribution is -0.142. The maximum Gasteiger partial charge on any atom is 0.435 e. The van der Waals surface area contributed by atoms with Crippen molar-refractivity contribution in [2.24, 2.45) is 27.2 Å². The van der Waals surface area contributed by atoms with Crippen molar-refractivity contribution in [3.8, 4) is 5.69 Å². The normalized spacial score (nSPS) is 14.8. The van der Waals surface area contributed by atoms with Gasteiger partial charge < -0.3 is 17.2 Å². The molecule has 0 saturated heterocycles. The predicted molar refractivity (Wildman–Crippen MR) is 92.3 cm³/mol. The Morgan fingerprint density at radius 1 is 1.08 bits per heavy atom. The van der Waals surface area contributed by atoms with Crippen molar-refractivity contribution in [1.82, 2.24) is 9.78 Å². The van der Waals surface area contributed by atoms with Gasteiger partial charge in [0.05, 0.1) is 11.4 Å². The molecule has 1 heterocycles. The standard InChI is InChI=1S/C16H18F3N7/c17-16(18,19)13-9-5-1-3-7-11(9)26(25-13)12-8-4-2-6-10(12)23-15(22)24-14(20)21/h2,4,6,8H,1,3,5,7H2,(H6,20,21,22,23,24). The van der Waals surface area contributed by atoms with Crippen LogP contribution in [-0.2, 0) is 19.0 Å². The van der Waals surface area contributed by atoms with E-state index in [1.807, 2.05) is 0 Å². The molecule has 0 unspecified atom stereocenters. The highest BCUT2D eigenvalue weighted by atomic mass is 19.4. The fourth-order valence-electron chi connectivity index (χ4n) is 3.04. The maximum atomic E-state index is 13.4. The van der Waals surface area contributed by atoms with E-state index in [-0.39, 0.29) is 17.5 Å². The van der Waals surface area contributed by atoms with Crippen molar-refractivity contribution in [3.63, 3.8) is 0 Å². The summed E-state index contributed by atoms with van der Waals surface area (Å²) in [5.74, 6) is -0.464. The Hall–Kier alpha value is -3.04. The molecule has 1 aromatic heterocycles. The van der Waals surface area contributed by atoms with E-state index in [1.54, 1.807) is 24.3 Å². The lowest BCUT2D eigenvalue weighted by Crippen LogP contribution is -2.26. The number of hydrogen-bond donors (Lipinski definition) is 3. The van der Waals surface area contributed by atoms with Crippen LogP contribution in [-0.4, -0.2) is 21.7 Å². The van der Waals surface area contributed by atoms with Gasteiger partial charge in [0, 0.05) is 11.3 Å². The number of benzene rings is 1. The van der Waals surface area contributed by atoms with E-state index in [0.717, 1.165) is 6.42 Å². The molecule has 1 aliphatic rings. The molecule has 0 amide bonds. The van der Waals surface area contributed by atoms with Gasteiger partial charge in [-0.3, -0.25) is 0 Å². The number of nitrogens with zero attached hydrogens (tertiary/aromatic N) is 4. The molecule has 0 atom stereocenters. The van der Waals surface area contributed by atoms with Gasteiger partial charge in [-0.25, -0.2) is 9.67 Å². The summed E-state index contributed by atoms with van der Waals surface area (Å²) in [4.78, 5) is 7.73. The minimum atomic E-state index is -4.51. The lowest BCUT2D eigenvalue weighted by Gasteiger charge is -2.15. The number of alkyl halides is 3. The number of guanidine groups is 2. The molecule has 3 rings (SSSR count). The molecule has 7 nitrogen and oxygen atoms in total. The zero-order valence-electron chi connectivity index (χ0n) is 13.8. The van der Waals surface area contributed by atoms with Gasteiger partial charge in [0.25, 0.3) is 0 Å². The first-order valence-electron chi connectivity index (χ1n) is 7.98. The third-order valence-corrected chi connectivity index (χ3v) is 4.04. The van der Waals surface area contributed by atoms with Gasteiger partial charge in [-0.05, 0) is 37.8 Å². The second kappa shape index (κ2) is 6.70. The van der Waals surface area contributed by atoms with Gasteiger partial charge >= 0.3 is 6.18 Å². The Morgan fingerprint density at radius 3 is 2.46 bits per heavy atom. The highest BCUT2D eigenvalue weighted by molar-refractivity contribution is 5.94. The Morgan fingerprint density at radius 2 is 1.77 bits per heavy atom. The van der Waals surface area contributed by atoms with Crippen molar-refractivity contribution < 1.29 is 13.2 Å². The van der Waals surface area contributed by atoms with Gasteiger partial charge in [-0.1, -0.05) is 12.1 Å². The molecule has 0 fully saturated rings. The van der Waals surface area contributed by atoms with Crippen molar-refractivity contribution in [2.45, 2.75) is 31.9 Å². The maximum absolute atomic E-state index is 13.4. The fourth-order valence-corrected chi connectivity index (χ4v) is 3.04. The van der Waals surface area contributed by atoms with Crippen LogP contribution in [0.1, 0.15) is 29.8 Å². The number of aromatic nitrogens is 2. The van der Waals surface area contributed by atoms with Crippen LogP contribution >= 0.6 is 0 Å². The van der Waals surface area contributed by atoms with E-state index in [1.165, 1.54) is 4.68 Å². The molecular weight excluding hydrogens is 347 g/mol. The monoisotopic (exact) mass is 365 g/mol. The fraction of sp³-hybridized carbons (Fsp3) is 0.312. The molecule has 26 heavy (non-hydrogen) atoms. The summed E-state index contributed by atoms with van der Waals surface area (Å²) in [6.45, 7) is 0. The first-order chi connectivity index (χ1) is 12.3. The van der Waals surface area contributed by atoms with E-state index in [9.17, 15) is 13.2 Å². The van der Waals surface area contributed by atoms with Crippen LogP contribution < -0.4 is 17.2 Å². The van der Waals surface area contributed by atoms with Crippen molar-refractivity contribution >= 4 is 17.6 Å². The molecule has 2 aromatic rings. The molecule has 138 valence electrons.